The quantitative estimate of drug-likeness (QED) is 0.329. The van der Waals surface area contributed by atoms with E-state index >= 15 is 0 Å². The van der Waals surface area contributed by atoms with Crippen molar-refractivity contribution in [3.8, 4) is 0 Å². The Morgan fingerprint density at radius 2 is 1.93 bits per heavy atom. The Bertz CT molecular complexity index is 375. The maximum absolute atomic E-state index is 7.52. The Morgan fingerprint density at radius 1 is 1.36 bits per heavy atom. The maximum atomic E-state index is 7.52. The molecule has 4 nitrogen and oxygen atoms in total. The number of thiocarbonyl (C=S) groups is 1. The van der Waals surface area contributed by atoms with Crippen LogP contribution >= 0.6 is 12.2 Å². The molecule has 14 heavy (non-hydrogen) atoms. The molecule has 1 rings (SSSR count). The van der Waals surface area contributed by atoms with Crippen LogP contribution in [0.2, 0.25) is 0 Å². The van der Waals surface area contributed by atoms with Crippen LogP contribution in [0.3, 0.4) is 0 Å². The minimum absolute atomic E-state index is 0.0503. The Labute approximate surface area is 86.7 Å². The van der Waals surface area contributed by atoms with Crippen molar-refractivity contribution < 1.29 is 10.1 Å². The summed E-state index contributed by atoms with van der Waals surface area (Å²) in [5, 5.41) is 12.9. The van der Waals surface area contributed by atoms with Gasteiger partial charge >= 0.3 is 5.90 Å². The zero-order chi connectivity index (χ0) is 10.6. The van der Waals surface area contributed by atoms with Gasteiger partial charge in [0.1, 0.15) is 0 Å². The van der Waals surface area contributed by atoms with E-state index in [1.54, 1.807) is 24.3 Å². The molecule has 1 aromatic carbocycles. The van der Waals surface area contributed by atoms with E-state index in [-0.39, 0.29) is 16.8 Å². The fraction of sp³-hybridized carbons (Fsp3) is 0. The Hall–Kier alpha value is -1.75. The van der Waals surface area contributed by atoms with Gasteiger partial charge in [-0.05, 0) is 24.4 Å². The van der Waals surface area contributed by atoms with Crippen LogP contribution < -0.4 is 11.1 Å². The Morgan fingerprint density at radius 3 is 2.43 bits per heavy atom. The fourth-order valence-corrected chi connectivity index (χ4v) is 0.850. The van der Waals surface area contributed by atoms with Crippen molar-refractivity contribution >= 4 is 29.0 Å². The second-order valence-corrected chi connectivity index (χ2v) is 2.97. The van der Waals surface area contributed by atoms with E-state index in [0.29, 0.717) is 5.56 Å². The topological polar surface area (TPSA) is 84.7 Å². The average Bonchev–Trinajstić information content (AvgIpc) is 2.19. The van der Waals surface area contributed by atoms with Gasteiger partial charge in [0.2, 0.25) is 10.9 Å². The standard InChI is InChI=1S/C9H9N3OS/c10-7(13-8(11)9(12)14)6-4-2-1-3-5-6/h1-5,10-11H,(H2,12,14)/p+1. The molecule has 0 bridgehead atoms. The summed E-state index contributed by atoms with van der Waals surface area (Å²) in [4.78, 5) is -0.0503. The van der Waals surface area contributed by atoms with Crippen molar-refractivity contribution in [1.82, 2.24) is 0 Å². The average molecular weight is 208 g/mol. The number of rotatable bonds is 1. The maximum Gasteiger partial charge on any atom is 0.401 e. The van der Waals surface area contributed by atoms with Gasteiger partial charge in [-0.2, -0.15) is 0 Å². The van der Waals surface area contributed by atoms with Gasteiger partial charge in [-0.15, -0.1) is 0 Å². The van der Waals surface area contributed by atoms with E-state index < -0.39 is 0 Å². The first-order valence-corrected chi connectivity index (χ1v) is 4.26. The lowest BCUT2D eigenvalue weighted by Crippen LogP contribution is -2.49. The molecule has 0 unspecified atom stereocenters. The van der Waals surface area contributed by atoms with Crippen molar-refractivity contribution in [3.63, 3.8) is 0 Å². The molecular formula is C9H10N3OS+. The van der Waals surface area contributed by atoms with Gasteiger partial charge in [-0.25, -0.2) is 5.41 Å². The van der Waals surface area contributed by atoms with E-state index in [0.717, 1.165) is 0 Å². The van der Waals surface area contributed by atoms with Crippen LogP contribution in [0.1, 0.15) is 5.56 Å². The lowest BCUT2D eigenvalue weighted by atomic mass is 10.2. The SMILES string of the molecule is N=C(OC(=[NH2+])C(N)=S)c1ccccc1. The van der Waals surface area contributed by atoms with Crippen LogP contribution in [0.25, 0.3) is 0 Å². The molecule has 0 aliphatic carbocycles. The molecular weight excluding hydrogens is 198 g/mol. The largest absolute Gasteiger partial charge is 0.401 e. The summed E-state index contributed by atoms with van der Waals surface area (Å²) < 4.78 is 4.91. The first-order valence-electron chi connectivity index (χ1n) is 3.85. The molecule has 5 N–H and O–H groups in total. The van der Waals surface area contributed by atoms with Crippen molar-refractivity contribution in [2.45, 2.75) is 0 Å². The molecule has 0 radical (unpaired) electrons. The zero-order valence-electron chi connectivity index (χ0n) is 7.36. The highest BCUT2D eigenvalue weighted by Gasteiger charge is 2.12. The smallest absolute Gasteiger partial charge is 0.384 e. The predicted octanol–water partition coefficient (Wildman–Crippen LogP) is -0.528. The van der Waals surface area contributed by atoms with Crippen LogP contribution in [0, 0.1) is 5.41 Å². The highest BCUT2D eigenvalue weighted by molar-refractivity contribution is 7.81. The third kappa shape index (κ3) is 2.63. The summed E-state index contributed by atoms with van der Waals surface area (Å²) in [5.74, 6) is -0.190. The summed E-state index contributed by atoms with van der Waals surface area (Å²) in [6.45, 7) is 0. The van der Waals surface area contributed by atoms with Crippen LogP contribution in [0.15, 0.2) is 30.3 Å². The molecule has 0 saturated carbocycles. The molecule has 0 aromatic heterocycles. The molecule has 0 fully saturated rings. The summed E-state index contributed by atoms with van der Waals surface area (Å²) in [6.07, 6.45) is 0. The molecule has 1 aromatic rings. The second-order valence-electron chi connectivity index (χ2n) is 2.53. The van der Waals surface area contributed by atoms with Crippen molar-refractivity contribution in [2.75, 3.05) is 0 Å². The van der Waals surface area contributed by atoms with E-state index in [2.05, 4.69) is 12.2 Å². The van der Waals surface area contributed by atoms with Crippen LogP contribution in [0.5, 0.6) is 0 Å². The molecule has 5 heteroatoms. The molecule has 0 atom stereocenters. The normalized spacial score (nSPS) is 9.14. The predicted molar refractivity (Wildman–Crippen MR) is 58.1 cm³/mol. The third-order valence-corrected chi connectivity index (χ3v) is 1.69. The van der Waals surface area contributed by atoms with Crippen LogP contribution in [-0.4, -0.2) is 16.8 Å². The summed E-state index contributed by atoms with van der Waals surface area (Å²) >= 11 is 4.58. The first-order chi connectivity index (χ1) is 6.61. The highest BCUT2D eigenvalue weighted by Crippen LogP contribution is 2.00. The van der Waals surface area contributed by atoms with Crippen LogP contribution in [-0.2, 0) is 4.74 Å². The molecule has 0 heterocycles. The van der Waals surface area contributed by atoms with Crippen molar-refractivity contribution in [3.05, 3.63) is 35.9 Å². The Kier molecular flexibility index (Phi) is 3.30. The lowest BCUT2D eigenvalue weighted by Gasteiger charge is -2.02. The number of nitrogens with one attached hydrogen (secondary N) is 1. The van der Waals surface area contributed by atoms with E-state index in [9.17, 15) is 0 Å². The summed E-state index contributed by atoms with van der Waals surface area (Å²) in [6, 6.07) is 8.90. The van der Waals surface area contributed by atoms with Crippen LogP contribution in [0.4, 0.5) is 0 Å². The second kappa shape index (κ2) is 4.48. The fourth-order valence-electron chi connectivity index (χ4n) is 0.809. The molecule has 0 aliphatic heterocycles. The van der Waals surface area contributed by atoms with Gasteiger partial charge in [0.25, 0.3) is 0 Å². The van der Waals surface area contributed by atoms with Gasteiger partial charge < -0.3 is 10.5 Å². The van der Waals surface area contributed by atoms with E-state index in [1.807, 2.05) is 6.07 Å². The number of nitrogens with two attached hydrogens (primary N) is 2. The molecule has 0 saturated heterocycles. The third-order valence-electron chi connectivity index (χ3n) is 1.49. The monoisotopic (exact) mass is 208 g/mol. The Balaban J connectivity index is 2.69. The van der Waals surface area contributed by atoms with E-state index in [4.69, 9.17) is 21.3 Å². The lowest BCUT2D eigenvalue weighted by molar-refractivity contribution is -0.127. The number of benzene rings is 1. The minimum Gasteiger partial charge on any atom is -0.384 e. The van der Waals surface area contributed by atoms with Gasteiger partial charge in [0, 0.05) is 5.56 Å². The number of ether oxygens (including phenoxy) is 1. The van der Waals surface area contributed by atoms with Crippen molar-refractivity contribution in [1.29, 1.82) is 5.41 Å². The van der Waals surface area contributed by atoms with Crippen molar-refractivity contribution in [2.24, 2.45) is 5.73 Å². The van der Waals surface area contributed by atoms with Gasteiger partial charge in [-0.1, -0.05) is 18.2 Å². The summed E-state index contributed by atoms with van der Waals surface area (Å²) in [7, 11) is 0. The van der Waals surface area contributed by atoms with E-state index in [1.165, 1.54) is 0 Å². The van der Waals surface area contributed by atoms with Gasteiger partial charge in [-0.3, -0.25) is 5.41 Å². The van der Waals surface area contributed by atoms with Gasteiger partial charge in [0.05, 0.1) is 0 Å². The molecule has 0 spiro atoms. The minimum atomic E-state index is -0.117. The molecule has 0 aliphatic rings. The number of hydrogen-bond acceptors (Lipinski definition) is 3. The number of hydrogen-bond donors (Lipinski definition) is 3. The zero-order valence-corrected chi connectivity index (χ0v) is 8.17. The van der Waals surface area contributed by atoms with Gasteiger partial charge in [0.15, 0.2) is 0 Å². The highest BCUT2D eigenvalue weighted by atomic mass is 32.1. The molecule has 0 amide bonds. The summed E-state index contributed by atoms with van der Waals surface area (Å²) in [5.41, 5.74) is 5.83. The first kappa shape index (κ1) is 10.3. The molecule has 72 valence electrons.